The van der Waals surface area contributed by atoms with Crippen molar-refractivity contribution in [3.05, 3.63) is 47.5 Å². The first-order chi connectivity index (χ1) is 11.8. The van der Waals surface area contributed by atoms with Crippen molar-refractivity contribution in [1.29, 1.82) is 5.26 Å². The van der Waals surface area contributed by atoms with E-state index in [1.807, 2.05) is 35.8 Å². The number of nitrogens with one attached hydrogen (secondary N) is 2. The lowest BCUT2D eigenvalue weighted by Gasteiger charge is -2.12. The van der Waals surface area contributed by atoms with Crippen molar-refractivity contribution in [2.75, 3.05) is 13.1 Å². The highest BCUT2D eigenvalue weighted by Crippen LogP contribution is 2.04. The van der Waals surface area contributed by atoms with Crippen LogP contribution >= 0.6 is 24.0 Å². The summed E-state index contributed by atoms with van der Waals surface area (Å²) >= 11 is 0. The fourth-order valence-electron chi connectivity index (χ4n) is 2.23. The maximum Gasteiger partial charge on any atom is 0.191 e. The zero-order valence-corrected chi connectivity index (χ0v) is 16.9. The second-order valence-corrected chi connectivity index (χ2v) is 5.22. The van der Waals surface area contributed by atoms with Crippen molar-refractivity contribution in [3.63, 3.8) is 0 Å². The Kier molecular flexibility index (Phi) is 9.54. The molecule has 0 amide bonds. The number of rotatable bonds is 7. The van der Waals surface area contributed by atoms with Gasteiger partial charge in [-0.25, -0.2) is 4.99 Å². The Morgan fingerprint density at radius 1 is 1.24 bits per heavy atom. The smallest absolute Gasteiger partial charge is 0.191 e. The molecule has 134 valence electrons. The molecule has 0 aliphatic heterocycles. The molecule has 8 heteroatoms. The van der Waals surface area contributed by atoms with Crippen LogP contribution in [0.3, 0.4) is 0 Å². The number of nitriles is 1. The molecule has 0 atom stereocenters. The van der Waals surface area contributed by atoms with Gasteiger partial charge in [-0.2, -0.15) is 5.26 Å². The summed E-state index contributed by atoms with van der Waals surface area (Å²) in [6, 6.07) is 9.59. The third kappa shape index (κ3) is 6.70. The average Bonchev–Trinajstić information content (AvgIpc) is 3.07. The first-order valence-corrected chi connectivity index (χ1v) is 8.14. The fraction of sp³-hybridized carbons (Fsp3) is 0.412. The first kappa shape index (κ1) is 20.9. The number of aryl methyl sites for hydroxylation is 1. The minimum absolute atomic E-state index is 0. The standard InChI is InChI=1S/C17H23N7.HI/c1-3-16-23-22-13-24(16)10-9-20-17(19-4-2)21-12-15-7-5-14(11-18)6-8-15;/h5-8,13H,3-4,9-10,12H2,1-2H3,(H2,19,20,21);1H. The molecule has 1 heterocycles. The monoisotopic (exact) mass is 453 g/mol. The molecule has 0 fully saturated rings. The van der Waals surface area contributed by atoms with Gasteiger partial charge in [0.15, 0.2) is 5.96 Å². The minimum Gasteiger partial charge on any atom is -0.357 e. The van der Waals surface area contributed by atoms with Gasteiger partial charge in [-0.3, -0.25) is 0 Å². The van der Waals surface area contributed by atoms with Crippen LogP contribution in [0.1, 0.15) is 30.8 Å². The van der Waals surface area contributed by atoms with Gasteiger partial charge in [-0.15, -0.1) is 34.2 Å². The van der Waals surface area contributed by atoms with E-state index < -0.39 is 0 Å². The first-order valence-electron chi connectivity index (χ1n) is 8.14. The normalized spacial score (nSPS) is 10.7. The van der Waals surface area contributed by atoms with Crippen LogP contribution in [0, 0.1) is 11.3 Å². The predicted octanol–water partition coefficient (Wildman–Crippen LogP) is 2.09. The number of benzene rings is 1. The molecule has 0 saturated carbocycles. The van der Waals surface area contributed by atoms with E-state index in [0.29, 0.717) is 12.1 Å². The second kappa shape index (κ2) is 11.4. The highest BCUT2D eigenvalue weighted by atomic mass is 127. The summed E-state index contributed by atoms with van der Waals surface area (Å²) in [6.45, 7) is 6.99. The summed E-state index contributed by atoms with van der Waals surface area (Å²) in [5.74, 6) is 1.75. The fourth-order valence-corrected chi connectivity index (χ4v) is 2.23. The van der Waals surface area contributed by atoms with E-state index in [-0.39, 0.29) is 24.0 Å². The molecule has 2 N–H and O–H groups in total. The number of nitrogens with zero attached hydrogens (tertiary/aromatic N) is 5. The Bertz CT molecular complexity index is 701. The van der Waals surface area contributed by atoms with Crippen molar-refractivity contribution in [2.45, 2.75) is 33.4 Å². The molecule has 2 rings (SSSR count). The van der Waals surface area contributed by atoms with Crippen LogP contribution in [0.25, 0.3) is 0 Å². The van der Waals surface area contributed by atoms with Crippen molar-refractivity contribution >= 4 is 29.9 Å². The number of hydrogen-bond donors (Lipinski definition) is 2. The Morgan fingerprint density at radius 3 is 2.64 bits per heavy atom. The summed E-state index contributed by atoms with van der Waals surface area (Å²) < 4.78 is 2.04. The van der Waals surface area contributed by atoms with Crippen molar-refractivity contribution in [1.82, 2.24) is 25.4 Å². The number of halogens is 1. The highest BCUT2D eigenvalue weighted by Gasteiger charge is 2.02. The molecule has 2 aromatic rings. The maximum absolute atomic E-state index is 8.82. The van der Waals surface area contributed by atoms with Gasteiger partial charge in [-0.1, -0.05) is 19.1 Å². The lowest BCUT2D eigenvalue weighted by Crippen LogP contribution is -2.38. The zero-order valence-electron chi connectivity index (χ0n) is 14.6. The third-order valence-corrected chi connectivity index (χ3v) is 3.50. The van der Waals surface area contributed by atoms with Gasteiger partial charge in [0, 0.05) is 26.1 Å². The van der Waals surface area contributed by atoms with Crippen molar-refractivity contribution in [3.8, 4) is 6.07 Å². The van der Waals surface area contributed by atoms with Gasteiger partial charge >= 0.3 is 0 Å². The molecule has 1 aromatic carbocycles. The van der Waals surface area contributed by atoms with Crippen LogP contribution in [0.5, 0.6) is 0 Å². The maximum atomic E-state index is 8.82. The van der Waals surface area contributed by atoms with Gasteiger partial charge in [0.1, 0.15) is 12.2 Å². The summed E-state index contributed by atoms with van der Waals surface area (Å²) in [5, 5.41) is 23.4. The Balaban J connectivity index is 0.00000312. The van der Waals surface area contributed by atoms with E-state index in [4.69, 9.17) is 5.26 Å². The zero-order chi connectivity index (χ0) is 17.2. The molecule has 1 aromatic heterocycles. The van der Waals surface area contributed by atoms with Crippen LogP contribution in [-0.2, 0) is 19.5 Å². The topological polar surface area (TPSA) is 90.9 Å². The van der Waals surface area contributed by atoms with Crippen molar-refractivity contribution in [2.24, 2.45) is 4.99 Å². The van der Waals surface area contributed by atoms with E-state index in [1.54, 1.807) is 6.33 Å². The minimum atomic E-state index is 0. The molecule has 0 radical (unpaired) electrons. The molecule has 0 bridgehead atoms. The van der Waals surface area contributed by atoms with Crippen LogP contribution in [0.2, 0.25) is 0 Å². The van der Waals surface area contributed by atoms with Crippen LogP contribution in [0.4, 0.5) is 0 Å². The van der Waals surface area contributed by atoms with Crippen LogP contribution in [0.15, 0.2) is 35.6 Å². The molecule has 0 aliphatic rings. The lowest BCUT2D eigenvalue weighted by molar-refractivity contribution is 0.632. The molecule has 7 nitrogen and oxygen atoms in total. The molecule has 0 aliphatic carbocycles. The molecular weight excluding hydrogens is 429 g/mol. The molecular formula is C17H24IN7. The molecule has 25 heavy (non-hydrogen) atoms. The third-order valence-electron chi connectivity index (χ3n) is 3.50. The Hall–Kier alpha value is -2.15. The molecule has 0 saturated heterocycles. The largest absolute Gasteiger partial charge is 0.357 e. The highest BCUT2D eigenvalue weighted by molar-refractivity contribution is 14.0. The quantitative estimate of drug-likeness (QED) is 0.381. The second-order valence-electron chi connectivity index (χ2n) is 5.22. The van der Waals surface area contributed by atoms with Crippen LogP contribution in [-0.4, -0.2) is 33.8 Å². The van der Waals surface area contributed by atoms with E-state index in [0.717, 1.165) is 43.4 Å². The SMILES string of the molecule is CCNC(=NCc1ccc(C#N)cc1)NCCn1cnnc1CC.I. The molecule has 0 spiro atoms. The number of guanidine groups is 1. The Morgan fingerprint density at radius 2 is 2.00 bits per heavy atom. The summed E-state index contributed by atoms with van der Waals surface area (Å²) in [6.07, 6.45) is 2.62. The Labute approximate surface area is 165 Å². The lowest BCUT2D eigenvalue weighted by atomic mass is 10.1. The van der Waals surface area contributed by atoms with Gasteiger partial charge in [0.05, 0.1) is 18.2 Å². The summed E-state index contributed by atoms with van der Waals surface area (Å²) in [4.78, 5) is 4.57. The van der Waals surface area contributed by atoms with E-state index in [9.17, 15) is 0 Å². The summed E-state index contributed by atoms with van der Waals surface area (Å²) in [5.41, 5.74) is 1.73. The van der Waals surface area contributed by atoms with Crippen LogP contribution < -0.4 is 10.6 Å². The number of aliphatic imine (C=N–C) groups is 1. The van der Waals surface area contributed by atoms with E-state index >= 15 is 0 Å². The van der Waals surface area contributed by atoms with Crippen molar-refractivity contribution < 1.29 is 0 Å². The van der Waals surface area contributed by atoms with E-state index in [2.05, 4.69) is 38.8 Å². The van der Waals surface area contributed by atoms with Gasteiger partial charge in [0.25, 0.3) is 0 Å². The molecule has 0 unspecified atom stereocenters. The van der Waals surface area contributed by atoms with Gasteiger partial charge < -0.3 is 15.2 Å². The summed E-state index contributed by atoms with van der Waals surface area (Å²) in [7, 11) is 0. The number of aromatic nitrogens is 3. The predicted molar refractivity (Wildman–Crippen MR) is 109 cm³/mol. The van der Waals surface area contributed by atoms with Gasteiger partial charge in [-0.05, 0) is 24.6 Å². The number of hydrogen-bond acceptors (Lipinski definition) is 4. The van der Waals surface area contributed by atoms with Gasteiger partial charge in [0.2, 0.25) is 0 Å². The average molecular weight is 453 g/mol. The van der Waals surface area contributed by atoms with E-state index in [1.165, 1.54) is 0 Å².